The Balaban J connectivity index is 0.000000175. The zero-order chi connectivity index (χ0) is 101. The molecule has 0 saturated carbocycles. The zero-order valence-corrected chi connectivity index (χ0v) is 81.4. The van der Waals surface area contributed by atoms with Gasteiger partial charge in [0.1, 0.15) is 66.9 Å². The molecule has 9 aromatic heterocycles. The first-order valence-corrected chi connectivity index (χ1v) is 45.4. The first-order chi connectivity index (χ1) is 65.2. The third-order valence-corrected chi connectivity index (χ3v) is 26.6. The number of hydrogen-bond acceptors (Lipinski definition) is 21. The highest BCUT2D eigenvalue weighted by molar-refractivity contribution is 6.40. The first kappa shape index (κ1) is 102. The fraction of sp³-hybridized carbons (Fsp3) is 0.281. The van der Waals surface area contributed by atoms with E-state index < -0.39 is 122 Å². The minimum absolute atomic E-state index is 0.0379. The van der Waals surface area contributed by atoms with Crippen LogP contribution in [-0.2, 0) is 14.4 Å². The molecule has 42 heteroatoms. The van der Waals surface area contributed by atoms with Gasteiger partial charge >= 0.3 is 0 Å². The average Bonchev–Trinajstić information content (AvgIpc) is 0.726. The highest BCUT2D eigenvalue weighted by Gasteiger charge is 2.40. The van der Waals surface area contributed by atoms with Crippen LogP contribution in [0.15, 0.2) is 107 Å². The molecular formula is C96H81Cl8F7N18O9. The van der Waals surface area contributed by atoms with Crippen LogP contribution in [0.5, 0.6) is 17.2 Å². The van der Waals surface area contributed by atoms with Gasteiger partial charge in [-0.2, -0.15) is 15.8 Å². The molecule has 3 aliphatic heterocycles. The topological polar surface area (TPSA) is 346 Å². The number of nitrogens with zero attached hydrogens (tertiary/aromatic N) is 18. The molecular weight excluding hydrogens is 1970 g/mol. The fourth-order valence-corrected chi connectivity index (χ4v) is 19.2. The minimum Gasteiger partial charge on any atom is -0.504 e. The van der Waals surface area contributed by atoms with Crippen molar-refractivity contribution in [2.24, 2.45) is 0 Å². The van der Waals surface area contributed by atoms with Crippen molar-refractivity contribution in [1.82, 2.24) is 58.3 Å². The Morgan fingerprint density at radius 2 is 0.659 bits per heavy atom. The normalized spacial score (nSPS) is 15.0. The summed E-state index contributed by atoms with van der Waals surface area (Å²) in [5, 5.41) is 57.6. The number of carbonyl (C=O) groups excluding carboxylic acids is 3. The van der Waals surface area contributed by atoms with Crippen molar-refractivity contribution < 1.29 is 60.4 Å². The van der Waals surface area contributed by atoms with Crippen LogP contribution < -0.4 is 31.4 Å². The summed E-state index contributed by atoms with van der Waals surface area (Å²) in [6.07, 6.45) is 8.41. The van der Waals surface area contributed by atoms with Crippen LogP contribution in [0.3, 0.4) is 0 Å². The smallest absolute Gasteiger partial charge is 0.276 e. The molecule has 27 nitrogen and oxygen atoms in total. The van der Waals surface area contributed by atoms with Gasteiger partial charge in [0, 0.05) is 112 Å². The Kier molecular flexibility index (Phi) is 30.1. The van der Waals surface area contributed by atoms with Crippen molar-refractivity contribution in [2.45, 2.75) is 119 Å². The SMILES string of the molecule is C=CC(=O)N1CCN(c2c(C#N)c(=O)n(-c3c(C)ccnc3C(C)C)c3nc(-c4c(F)c(Cl)c(F)c(O)c4Cl)c(Cl)cc23)C[C@H]1C.C=CC(=O)N1CCN(c2c(C#N)c(=O)n(-c3c(C)ccnc3C(C)C)c3nc(-c4c(F)c(Cl)c(F)c(O)c4Cl)c(Cl)cc23)C[C@H]1C.C=CC(=O)N1CCN(c2c(C#N)c(=O)n(-c3c(C)ccnc3C(C)C)c3nc(-c4c(O)c(F)c(Cl)c(F)c4F)c(Cl)cc23)C[C@H]1C. The second-order valence-electron chi connectivity index (χ2n) is 33.6. The third-order valence-electron chi connectivity index (χ3n) is 24.0. The van der Waals surface area contributed by atoms with E-state index in [1.165, 1.54) is 45.6 Å². The largest absolute Gasteiger partial charge is 0.504 e. The van der Waals surface area contributed by atoms with E-state index in [9.17, 15) is 77.4 Å². The number of rotatable bonds is 15. The summed E-state index contributed by atoms with van der Waals surface area (Å²) in [6.45, 7) is 34.8. The number of benzene rings is 3. The van der Waals surface area contributed by atoms with Crippen LogP contribution in [-0.4, -0.2) is 168 Å². The van der Waals surface area contributed by atoms with E-state index in [2.05, 4.69) is 61.8 Å². The molecule has 3 aromatic carbocycles. The average molecular weight is 2050 g/mol. The Morgan fingerprint density at radius 3 is 0.913 bits per heavy atom. The standard InChI is InChI=1S/2C32H27Cl3F2N6O3.C32H27Cl2F3N6O3/c2*1-6-20(44)42-10-9-41(13-16(42)5)29-17-11-19(33)27(21-22(34)30(45)25(37)23(35)24(21)36)40-31(17)43(32(46)18(29)12-38)28-15(4)7-8-39-26(28)14(2)3;1-6-20(44)42-10-9-41(13-16(42)5)29-17-11-19(33)27(21-23(35)24(36)22(34)25(37)30(21)45)40-31(17)43(32(46)18(29)12-38)28-15(4)7-8-39-26(28)14(2)3/h3*6-8,11,14,16,45H,1,9-10,13H2,2-5H3/t3*16-/m111/s1. The number of aromatic hydroxyl groups is 3. The maximum atomic E-state index is 15.5. The summed E-state index contributed by atoms with van der Waals surface area (Å²) in [6, 6.07) is 14.3. The highest BCUT2D eigenvalue weighted by atomic mass is 35.5. The van der Waals surface area contributed by atoms with Gasteiger partial charge in [-0.3, -0.25) is 57.4 Å². The molecule has 3 amide bonds. The molecule has 0 aliphatic carbocycles. The second-order valence-corrected chi connectivity index (χ2v) is 36.7. The van der Waals surface area contributed by atoms with Gasteiger partial charge < -0.3 is 44.7 Å². The number of phenolic OH excluding ortho intramolecular Hbond substituents is 3. The van der Waals surface area contributed by atoms with Crippen LogP contribution >= 0.6 is 92.8 Å². The quantitative estimate of drug-likeness (QED) is 0.0371. The molecule has 0 spiro atoms. The van der Waals surface area contributed by atoms with Crippen LogP contribution in [0.4, 0.5) is 47.8 Å². The van der Waals surface area contributed by atoms with E-state index >= 15 is 13.2 Å². The van der Waals surface area contributed by atoms with Gasteiger partial charge in [-0.15, -0.1) is 0 Å². The third kappa shape index (κ3) is 17.9. The maximum Gasteiger partial charge on any atom is 0.276 e. The summed E-state index contributed by atoms with van der Waals surface area (Å²) >= 11 is 49.8. The maximum absolute atomic E-state index is 15.5. The number of amides is 3. The van der Waals surface area contributed by atoms with Crippen molar-refractivity contribution in [1.29, 1.82) is 15.8 Å². The number of aromatic nitrogens is 9. The molecule has 3 N–H and O–H groups in total. The number of hydrogen-bond donors (Lipinski definition) is 3. The molecule has 12 aromatic rings. The molecule has 3 aliphatic rings. The molecule has 714 valence electrons. The Hall–Kier alpha value is -13.1. The van der Waals surface area contributed by atoms with E-state index in [1.54, 1.807) is 93.9 Å². The molecule has 15 rings (SSSR count). The number of nitriles is 3. The number of aryl methyl sites for hydroxylation is 3. The Labute approximate surface area is 823 Å². The molecule has 12 heterocycles. The minimum atomic E-state index is -1.77. The van der Waals surface area contributed by atoms with E-state index in [-0.39, 0.29) is 206 Å². The number of anilines is 3. The lowest BCUT2D eigenvalue weighted by molar-refractivity contribution is -0.129. The number of pyridine rings is 9. The molecule has 3 fully saturated rings. The lowest BCUT2D eigenvalue weighted by atomic mass is 10.0. The molecule has 0 unspecified atom stereocenters. The van der Waals surface area contributed by atoms with Crippen LogP contribution in [0.2, 0.25) is 40.2 Å². The van der Waals surface area contributed by atoms with Gasteiger partial charge in [-0.05, 0) is 131 Å². The lowest BCUT2D eigenvalue weighted by Crippen LogP contribution is -2.54. The van der Waals surface area contributed by atoms with Crippen LogP contribution in [0.25, 0.3) is 83.9 Å². The van der Waals surface area contributed by atoms with E-state index in [1.807, 2.05) is 61.5 Å². The van der Waals surface area contributed by atoms with Gasteiger partial charge in [-0.1, -0.05) is 154 Å². The zero-order valence-electron chi connectivity index (χ0n) is 75.4. The second kappa shape index (κ2) is 40.5. The van der Waals surface area contributed by atoms with Gasteiger partial charge in [0.25, 0.3) is 16.7 Å². The number of piperazine rings is 3. The van der Waals surface area contributed by atoms with Gasteiger partial charge in [-0.25, -0.2) is 45.7 Å². The van der Waals surface area contributed by atoms with Gasteiger partial charge in [0.05, 0.1) is 110 Å². The lowest BCUT2D eigenvalue weighted by Gasteiger charge is -2.41. The van der Waals surface area contributed by atoms with Crippen molar-refractivity contribution in [3.8, 4) is 86.3 Å². The highest BCUT2D eigenvalue weighted by Crippen LogP contribution is 2.51. The molecule has 3 atom stereocenters. The van der Waals surface area contributed by atoms with Gasteiger partial charge in [0.2, 0.25) is 17.7 Å². The summed E-state index contributed by atoms with van der Waals surface area (Å²) in [5.41, 5.74) is -1.60. The number of fused-ring (bicyclic) bond motifs is 3. The van der Waals surface area contributed by atoms with Crippen molar-refractivity contribution >= 4 is 161 Å². The van der Waals surface area contributed by atoms with Crippen LogP contribution in [0, 0.1) is 95.5 Å². The van der Waals surface area contributed by atoms with E-state index in [0.29, 0.717) is 50.8 Å². The predicted molar refractivity (Wildman–Crippen MR) is 518 cm³/mol. The number of phenols is 3. The summed E-state index contributed by atoms with van der Waals surface area (Å²) in [5.74, 6) is -15.6. The molecule has 0 radical (unpaired) electrons. The number of carbonyl (C=O) groups is 3. The molecule has 138 heavy (non-hydrogen) atoms. The number of halogens is 15. The molecule has 0 bridgehead atoms. The summed E-state index contributed by atoms with van der Waals surface area (Å²) in [7, 11) is 0. The van der Waals surface area contributed by atoms with Crippen molar-refractivity contribution in [3.05, 3.63) is 255 Å². The first-order valence-electron chi connectivity index (χ1n) is 42.4. The summed E-state index contributed by atoms with van der Waals surface area (Å²) < 4.78 is 108. The van der Waals surface area contributed by atoms with E-state index in [4.69, 9.17) is 92.8 Å². The van der Waals surface area contributed by atoms with Gasteiger partial charge in [0.15, 0.2) is 58.0 Å². The van der Waals surface area contributed by atoms with E-state index in [0.717, 1.165) is 4.57 Å². The van der Waals surface area contributed by atoms with Crippen molar-refractivity contribution in [2.75, 3.05) is 73.6 Å². The predicted octanol–water partition coefficient (Wildman–Crippen LogP) is 20.2. The molecule has 3 saturated heterocycles. The Bertz CT molecular complexity index is 6790. The summed E-state index contributed by atoms with van der Waals surface area (Å²) in [4.78, 5) is 118. The van der Waals surface area contributed by atoms with Crippen molar-refractivity contribution in [3.63, 3.8) is 0 Å². The fourth-order valence-electron chi connectivity index (χ4n) is 17.4. The van der Waals surface area contributed by atoms with Crippen LogP contribution in [0.1, 0.15) is 131 Å². The monoisotopic (exact) mass is 2040 g/mol. The Morgan fingerprint density at radius 1 is 0.399 bits per heavy atom.